The lowest BCUT2D eigenvalue weighted by molar-refractivity contribution is -0.385. The first-order chi connectivity index (χ1) is 13.8. The van der Waals surface area contributed by atoms with Crippen molar-refractivity contribution >= 4 is 63.2 Å². The first kappa shape index (κ1) is 21.6. The molecule has 1 aromatic carbocycles. The lowest BCUT2D eigenvalue weighted by atomic mass is 10.1. The Bertz CT molecular complexity index is 911. The molecule has 29 heavy (non-hydrogen) atoms. The van der Waals surface area contributed by atoms with Gasteiger partial charge < -0.3 is 10.0 Å². The molecular formula is C18H18IN3O6S. The summed E-state index contributed by atoms with van der Waals surface area (Å²) < 4.78 is 0.249. The van der Waals surface area contributed by atoms with Crippen LogP contribution in [-0.4, -0.2) is 56.5 Å². The third-order valence-corrected chi connectivity index (χ3v) is 6.43. The minimum Gasteiger partial charge on any atom is -0.506 e. The Morgan fingerprint density at radius 2 is 1.90 bits per heavy atom. The summed E-state index contributed by atoms with van der Waals surface area (Å²) in [4.78, 5) is 50.4. The van der Waals surface area contributed by atoms with Crippen LogP contribution in [0.15, 0.2) is 17.0 Å². The number of likely N-dealkylation sites (tertiary alicyclic amines) is 1. The summed E-state index contributed by atoms with van der Waals surface area (Å²) in [7, 11) is 0. The number of benzene rings is 1. The molecule has 2 aliphatic rings. The molecule has 0 saturated carbocycles. The number of hydrogen-bond donors (Lipinski definition) is 1. The van der Waals surface area contributed by atoms with Gasteiger partial charge in [0.05, 0.1) is 13.4 Å². The summed E-state index contributed by atoms with van der Waals surface area (Å²) in [6.07, 6.45) is 5.15. The van der Waals surface area contributed by atoms with E-state index >= 15 is 0 Å². The molecule has 0 radical (unpaired) electrons. The first-order valence-corrected chi connectivity index (χ1v) is 10.9. The van der Waals surface area contributed by atoms with Gasteiger partial charge >= 0.3 is 0 Å². The molecular weight excluding hydrogens is 513 g/mol. The van der Waals surface area contributed by atoms with E-state index in [-0.39, 0.29) is 37.9 Å². The number of nitrogens with zero attached hydrogens (tertiary/aromatic N) is 3. The highest BCUT2D eigenvalue weighted by Gasteiger charge is 2.37. The van der Waals surface area contributed by atoms with Crippen molar-refractivity contribution in [2.45, 2.75) is 25.7 Å². The van der Waals surface area contributed by atoms with Crippen LogP contribution in [0.25, 0.3) is 6.08 Å². The number of carbonyl (C=O) groups excluding carboxylic acids is 3. The molecule has 2 heterocycles. The predicted molar refractivity (Wildman–Crippen MR) is 115 cm³/mol. The second kappa shape index (κ2) is 9.11. The Morgan fingerprint density at radius 3 is 2.52 bits per heavy atom. The molecule has 0 aromatic heterocycles. The molecule has 3 amide bonds. The van der Waals surface area contributed by atoms with Crippen molar-refractivity contribution < 1.29 is 24.4 Å². The zero-order valence-electron chi connectivity index (χ0n) is 15.3. The fourth-order valence-electron chi connectivity index (χ4n) is 3.15. The normalized spacial score (nSPS) is 19.0. The zero-order chi connectivity index (χ0) is 21.1. The van der Waals surface area contributed by atoms with E-state index in [1.165, 1.54) is 12.1 Å². The minimum absolute atomic E-state index is 0.00487. The van der Waals surface area contributed by atoms with Crippen molar-refractivity contribution in [3.8, 4) is 5.75 Å². The molecule has 0 unspecified atom stereocenters. The highest BCUT2D eigenvalue weighted by molar-refractivity contribution is 14.1. The number of phenols is 1. The average molecular weight is 531 g/mol. The standard InChI is InChI=1S/C18H18IN3O6S/c19-13-9-12(22(27)28)7-11(16(13)24)8-14-17(25)21(18(26)29-14)10-15(23)20-5-3-1-2-4-6-20/h7-9,24H,1-6,10H2. The van der Waals surface area contributed by atoms with Crippen molar-refractivity contribution in [2.24, 2.45) is 0 Å². The van der Waals surface area contributed by atoms with Gasteiger partial charge in [0.25, 0.3) is 16.8 Å². The van der Waals surface area contributed by atoms with E-state index in [9.17, 15) is 29.6 Å². The quantitative estimate of drug-likeness (QED) is 0.274. The van der Waals surface area contributed by atoms with Crippen LogP contribution >= 0.6 is 34.4 Å². The van der Waals surface area contributed by atoms with E-state index in [1.54, 1.807) is 27.5 Å². The fourth-order valence-corrected chi connectivity index (χ4v) is 4.61. The van der Waals surface area contributed by atoms with Gasteiger partial charge in [-0.25, -0.2) is 0 Å². The monoisotopic (exact) mass is 531 g/mol. The van der Waals surface area contributed by atoms with E-state index in [1.807, 2.05) is 0 Å². The molecule has 154 valence electrons. The van der Waals surface area contributed by atoms with E-state index < -0.39 is 16.1 Å². The third kappa shape index (κ3) is 4.89. The maximum absolute atomic E-state index is 12.6. The lowest BCUT2D eigenvalue weighted by Crippen LogP contribution is -2.42. The largest absolute Gasteiger partial charge is 0.506 e. The van der Waals surface area contributed by atoms with Crippen LogP contribution < -0.4 is 0 Å². The second-order valence-corrected chi connectivity index (χ2v) is 8.84. The number of nitro benzene ring substituents is 1. The van der Waals surface area contributed by atoms with Gasteiger partial charge in [0, 0.05) is 30.8 Å². The Labute approximate surface area is 184 Å². The van der Waals surface area contributed by atoms with Crippen LogP contribution in [0.2, 0.25) is 0 Å². The number of thioether (sulfide) groups is 1. The van der Waals surface area contributed by atoms with Gasteiger partial charge in [-0.1, -0.05) is 12.8 Å². The molecule has 3 rings (SSSR count). The van der Waals surface area contributed by atoms with Crippen LogP contribution in [0, 0.1) is 13.7 Å². The maximum Gasteiger partial charge on any atom is 0.294 e. The van der Waals surface area contributed by atoms with E-state index in [2.05, 4.69) is 0 Å². The second-order valence-electron chi connectivity index (χ2n) is 6.69. The van der Waals surface area contributed by atoms with Crippen molar-refractivity contribution in [1.82, 2.24) is 9.80 Å². The highest BCUT2D eigenvalue weighted by atomic mass is 127. The number of amides is 3. The number of nitro groups is 1. The number of phenolic OH excluding ortho intramolecular Hbond substituents is 1. The lowest BCUT2D eigenvalue weighted by Gasteiger charge is -2.22. The highest BCUT2D eigenvalue weighted by Crippen LogP contribution is 2.36. The molecule has 11 heteroatoms. The predicted octanol–water partition coefficient (Wildman–Crippen LogP) is 3.34. The summed E-state index contributed by atoms with van der Waals surface area (Å²) in [5, 5.41) is 20.6. The number of imide groups is 1. The van der Waals surface area contributed by atoms with Crippen molar-refractivity contribution in [3.05, 3.63) is 36.3 Å². The topological polar surface area (TPSA) is 121 Å². The Morgan fingerprint density at radius 1 is 1.24 bits per heavy atom. The van der Waals surface area contributed by atoms with Gasteiger partial charge in [-0.2, -0.15) is 0 Å². The van der Waals surface area contributed by atoms with Gasteiger partial charge in [-0.15, -0.1) is 0 Å². The fraction of sp³-hybridized carbons (Fsp3) is 0.389. The smallest absolute Gasteiger partial charge is 0.294 e. The Balaban J connectivity index is 1.80. The number of non-ortho nitro benzene ring substituents is 1. The molecule has 2 fully saturated rings. The average Bonchev–Trinajstić information content (AvgIpc) is 2.88. The third-order valence-electron chi connectivity index (χ3n) is 4.70. The Kier molecular flexibility index (Phi) is 6.77. The molecule has 1 N–H and O–H groups in total. The summed E-state index contributed by atoms with van der Waals surface area (Å²) in [6, 6.07) is 2.34. The van der Waals surface area contributed by atoms with Crippen LogP contribution in [0.1, 0.15) is 31.2 Å². The number of hydrogen-bond acceptors (Lipinski definition) is 7. The number of carbonyl (C=O) groups is 3. The number of halogens is 1. The summed E-state index contributed by atoms with van der Waals surface area (Å²) in [5.41, 5.74) is -0.179. The first-order valence-electron chi connectivity index (χ1n) is 8.98. The maximum atomic E-state index is 12.6. The van der Waals surface area contributed by atoms with Crippen LogP contribution in [0.5, 0.6) is 5.75 Å². The van der Waals surface area contributed by atoms with Crippen molar-refractivity contribution in [2.75, 3.05) is 19.6 Å². The van der Waals surface area contributed by atoms with E-state index in [0.717, 1.165) is 36.6 Å². The molecule has 1 aromatic rings. The van der Waals surface area contributed by atoms with Gasteiger partial charge in [-0.3, -0.25) is 29.4 Å². The molecule has 0 spiro atoms. The molecule has 0 aliphatic carbocycles. The summed E-state index contributed by atoms with van der Waals surface area (Å²) >= 11 is 2.39. The number of rotatable bonds is 4. The molecule has 9 nitrogen and oxygen atoms in total. The number of aromatic hydroxyl groups is 1. The van der Waals surface area contributed by atoms with Gasteiger partial charge in [0.1, 0.15) is 12.3 Å². The van der Waals surface area contributed by atoms with Gasteiger partial charge in [0.2, 0.25) is 5.91 Å². The van der Waals surface area contributed by atoms with Gasteiger partial charge in [-0.05, 0) is 53.3 Å². The van der Waals surface area contributed by atoms with Gasteiger partial charge in [0.15, 0.2) is 0 Å². The molecule has 2 aliphatic heterocycles. The van der Waals surface area contributed by atoms with Crippen molar-refractivity contribution in [1.29, 1.82) is 0 Å². The molecule has 0 atom stereocenters. The zero-order valence-corrected chi connectivity index (χ0v) is 18.3. The van der Waals surface area contributed by atoms with Crippen molar-refractivity contribution in [3.63, 3.8) is 0 Å². The SMILES string of the molecule is O=C(CN1C(=O)SC(=Cc2cc([N+](=O)[O-])cc(I)c2O)C1=O)N1CCCCCC1. The summed E-state index contributed by atoms with van der Waals surface area (Å²) in [6.45, 7) is 0.899. The van der Waals surface area contributed by atoms with Crippen LogP contribution in [0.4, 0.5) is 10.5 Å². The van der Waals surface area contributed by atoms with E-state index in [0.29, 0.717) is 24.9 Å². The van der Waals surface area contributed by atoms with E-state index in [4.69, 9.17) is 0 Å². The Hall–Kier alpha value is -2.15. The van der Waals surface area contributed by atoms with Crippen LogP contribution in [-0.2, 0) is 9.59 Å². The molecule has 0 bridgehead atoms. The minimum atomic E-state index is -0.649. The summed E-state index contributed by atoms with van der Waals surface area (Å²) in [5.74, 6) is -1.14. The molecule has 2 saturated heterocycles. The van der Waals surface area contributed by atoms with Crippen LogP contribution in [0.3, 0.4) is 0 Å².